The second-order valence-electron chi connectivity index (χ2n) is 11.3. The van der Waals surface area contributed by atoms with Gasteiger partial charge in [-0.05, 0) is 94.0 Å². The molecule has 0 unspecified atom stereocenters. The molecule has 1 amide bonds. The lowest BCUT2D eigenvalue weighted by atomic mass is 9.83. The molecule has 4 rings (SSSR count). The van der Waals surface area contributed by atoms with Crippen molar-refractivity contribution < 1.29 is 14.3 Å². The first kappa shape index (κ1) is 24.5. The third kappa shape index (κ3) is 5.89. The Hall–Kier alpha value is -2.62. The van der Waals surface area contributed by atoms with Gasteiger partial charge in [0, 0.05) is 5.69 Å². The zero-order chi connectivity index (χ0) is 24.3. The van der Waals surface area contributed by atoms with Gasteiger partial charge in [0.1, 0.15) is 5.60 Å². The fraction of sp³-hybridized carbons (Fsp3) is 0.533. The number of carbonyl (C=O) groups is 2. The molecular weight excluding hydrogens is 422 g/mol. The average Bonchev–Trinajstić information content (AvgIpc) is 3.37. The van der Waals surface area contributed by atoms with Crippen molar-refractivity contribution in [1.82, 2.24) is 0 Å². The molecule has 182 valence electrons. The number of hydrogen-bond acceptors (Lipinski definition) is 3. The lowest BCUT2D eigenvalue weighted by Crippen LogP contribution is -2.30. The van der Waals surface area contributed by atoms with Gasteiger partial charge in [-0.2, -0.15) is 0 Å². The number of aryl methyl sites for hydroxylation is 1. The molecule has 2 saturated carbocycles. The number of rotatable bonds is 8. The maximum absolute atomic E-state index is 13.5. The van der Waals surface area contributed by atoms with E-state index in [9.17, 15) is 9.59 Å². The van der Waals surface area contributed by atoms with Crippen LogP contribution in [0.3, 0.4) is 0 Å². The highest BCUT2D eigenvalue weighted by Gasteiger charge is 2.52. The van der Waals surface area contributed by atoms with Crippen LogP contribution in [0.25, 0.3) is 0 Å². The van der Waals surface area contributed by atoms with E-state index in [0.717, 1.165) is 48.9 Å². The van der Waals surface area contributed by atoms with Crippen LogP contribution in [0.1, 0.15) is 88.8 Å². The number of amides is 1. The first-order chi connectivity index (χ1) is 16.2. The van der Waals surface area contributed by atoms with Crippen LogP contribution in [0.5, 0.6) is 0 Å². The second kappa shape index (κ2) is 9.93. The van der Waals surface area contributed by atoms with Crippen LogP contribution in [-0.2, 0) is 27.2 Å². The number of benzene rings is 2. The number of anilines is 1. The predicted octanol–water partition coefficient (Wildman–Crippen LogP) is 6.83. The first-order valence-electron chi connectivity index (χ1n) is 12.9. The molecule has 4 heteroatoms. The van der Waals surface area contributed by atoms with Gasteiger partial charge in [0.25, 0.3) is 0 Å². The maximum atomic E-state index is 13.5. The molecule has 0 saturated heterocycles. The Kier molecular flexibility index (Phi) is 7.16. The third-order valence-electron chi connectivity index (χ3n) is 7.32. The molecule has 2 aliphatic rings. The highest BCUT2D eigenvalue weighted by molar-refractivity contribution is 5.96. The van der Waals surface area contributed by atoms with Gasteiger partial charge in [0.05, 0.1) is 11.3 Å². The molecule has 4 nitrogen and oxygen atoms in total. The minimum Gasteiger partial charge on any atom is -0.460 e. The van der Waals surface area contributed by atoms with Gasteiger partial charge >= 0.3 is 5.97 Å². The molecule has 0 heterocycles. The number of hydrogen-bond donors (Lipinski definition) is 1. The number of carbonyl (C=O) groups excluding carboxylic acids is 2. The zero-order valence-electron chi connectivity index (χ0n) is 21.2. The van der Waals surface area contributed by atoms with Crippen molar-refractivity contribution in [3.05, 3.63) is 65.2 Å². The summed E-state index contributed by atoms with van der Waals surface area (Å²) in [7, 11) is 0. The highest BCUT2D eigenvalue weighted by Crippen LogP contribution is 2.50. The van der Waals surface area contributed by atoms with E-state index in [2.05, 4.69) is 36.5 Å². The molecule has 2 aliphatic carbocycles. The van der Waals surface area contributed by atoms with Gasteiger partial charge in [-0.15, -0.1) is 0 Å². The van der Waals surface area contributed by atoms with E-state index in [1.54, 1.807) is 0 Å². The normalized spacial score (nSPS) is 18.4. The monoisotopic (exact) mass is 461 g/mol. The van der Waals surface area contributed by atoms with Crippen LogP contribution >= 0.6 is 0 Å². The summed E-state index contributed by atoms with van der Waals surface area (Å²) in [6, 6.07) is 16.5. The lowest BCUT2D eigenvalue weighted by molar-refractivity contribution is -0.161. The van der Waals surface area contributed by atoms with Crippen LogP contribution in [0, 0.1) is 11.3 Å². The Balaban J connectivity index is 1.48. The van der Waals surface area contributed by atoms with E-state index >= 15 is 0 Å². The van der Waals surface area contributed by atoms with E-state index in [-0.39, 0.29) is 17.8 Å². The van der Waals surface area contributed by atoms with Crippen LogP contribution in [0.15, 0.2) is 48.5 Å². The fourth-order valence-corrected chi connectivity index (χ4v) is 5.25. The molecule has 0 aromatic heterocycles. The molecule has 0 radical (unpaired) electrons. The summed E-state index contributed by atoms with van der Waals surface area (Å²) in [6.07, 6.45) is 7.96. The van der Waals surface area contributed by atoms with Crippen molar-refractivity contribution >= 4 is 17.6 Å². The van der Waals surface area contributed by atoms with Crippen LogP contribution < -0.4 is 5.32 Å². The second-order valence-corrected chi connectivity index (χ2v) is 11.3. The summed E-state index contributed by atoms with van der Waals surface area (Å²) >= 11 is 0. The number of ether oxygens (including phenoxy) is 1. The van der Waals surface area contributed by atoms with Gasteiger partial charge in [0.15, 0.2) is 0 Å². The van der Waals surface area contributed by atoms with Crippen LogP contribution in [0.2, 0.25) is 0 Å². The van der Waals surface area contributed by atoms with E-state index in [1.807, 2.05) is 45.0 Å². The van der Waals surface area contributed by atoms with Crippen molar-refractivity contribution in [1.29, 1.82) is 0 Å². The summed E-state index contributed by atoms with van der Waals surface area (Å²) in [4.78, 5) is 26.3. The van der Waals surface area contributed by atoms with Crippen molar-refractivity contribution in [3.63, 3.8) is 0 Å². The topological polar surface area (TPSA) is 55.4 Å². The zero-order valence-corrected chi connectivity index (χ0v) is 21.2. The summed E-state index contributed by atoms with van der Waals surface area (Å²) in [5.74, 6) is 0.221. The molecule has 34 heavy (non-hydrogen) atoms. The van der Waals surface area contributed by atoms with Gasteiger partial charge in [-0.3, -0.25) is 9.59 Å². The standard InChI is InChI=1S/C30H39NO3/c1-5-21-13-15-24(16-14-21)26(23-10-6-7-11-23)27(32)31-25-12-8-9-22(19-25)20-30(17-18-30)28(33)34-29(2,3)4/h8-9,12-16,19,23,26H,5-7,10-11,17-18,20H2,1-4H3,(H,31,32)/t26-/m0/s1. The van der Waals surface area contributed by atoms with E-state index in [0.29, 0.717) is 12.3 Å². The average molecular weight is 462 g/mol. The van der Waals surface area contributed by atoms with Crippen molar-refractivity contribution in [2.24, 2.45) is 11.3 Å². The largest absolute Gasteiger partial charge is 0.460 e. The van der Waals surface area contributed by atoms with Crippen LogP contribution in [-0.4, -0.2) is 17.5 Å². The van der Waals surface area contributed by atoms with E-state index < -0.39 is 11.0 Å². The fourth-order valence-electron chi connectivity index (χ4n) is 5.25. The summed E-state index contributed by atoms with van der Waals surface area (Å²) in [6.45, 7) is 7.88. The van der Waals surface area contributed by atoms with Gasteiger partial charge in [-0.1, -0.05) is 56.2 Å². The Bertz CT molecular complexity index is 1010. The van der Waals surface area contributed by atoms with Gasteiger partial charge in [0.2, 0.25) is 5.91 Å². The molecule has 0 spiro atoms. The Morgan fingerprint density at radius 1 is 1.03 bits per heavy atom. The molecule has 0 bridgehead atoms. The Labute approximate surface area is 204 Å². The van der Waals surface area contributed by atoms with Gasteiger partial charge in [-0.25, -0.2) is 0 Å². The Morgan fingerprint density at radius 3 is 2.29 bits per heavy atom. The maximum Gasteiger partial charge on any atom is 0.312 e. The summed E-state index contributed by atoms with van der Waals surface area (Å²) < 4.78 is 5.68. The number of esters is 1. The molecule has 2 aromatic rings. The summed E-state index contributed by atoms with van der Waals surface area (Å²) in [5, 5.41) is 3.20. The van der Waals surface area contributed by atoms with E-state index in [1.165, 1.54) is 18.4 Å². The number of nitrogens with one attached hydrogen (secondary N) is 1. The molecule has 0 aliphatic heterocycles. The molecule has 1 N–H and O–H groups in total. The molecule has 1 atom stereocenters. The third-order valence-corrected chi connectivity index (χ3v) is 7.32. The Morgan fingerprint density at radius 2 is 1.71 bits per heavy atom. The molecule has 2 aromatic carbocycles. The van der Waals surface area contributed by atoms with Crippen molar-refractivity contribution in [2.45, 2.75) is 90.6 Å². The molecular formula is C30H39NO3. The lowest BCUT2D eigenvalue weighted by Gasteiger charge is -2.24. The van der Waals surface area contributed by atoms with Crippen molar-refractivity contribution in [3.8, 4) is 0 Å². The van der Waals surface area contributed by atoms with Crippen molar-refractivity contribution in [2.75, 3.05) is 5.32 Å². The first-order valence-corrected chi connectivity index (χ1v) is 12.9. The highest BCUT2D eigenvalue weighted by atomic mass is 16.6. The summed E-state index contributed by atoms with van der Waals surface area (Å²) in [5.41, 5.74) is 3.37. The SMILES string of the molecule is CCc1ccc([C@@H](C(=O)Nc2cccc(CC3(C(=O)OC(C)(C)C)CC3)c2)C2CCCC2)cc1. The predicted molar refractivity (Wildman–Crippen MR) is 137 cm³/mol. The minimum absolute atomic E-state index is 0.0709. The quantitative estimate of drug-likeness (QED) is 0.439. The minimum atomic E-state index is -0.479. The molecule has 2 fully saturated rings. The van der Waals surface area contributed by atoms with E-state index in [4.69, 9.17) is 4.74 Å². The van der Waals surface area contributed by atoms with Crippen LogP contribution in [0.4, 0.5) is 5.69 Å². The smallest absolute Gasteiger partial charge is 0.312 e. The van der Waals surface area contributed by atoms with Gasteiger partial charge < -0.3 is 10.1 Å².